The first-order valence-electron chi connectivity index (χ1n) is 6.94. The van der Waals surface area contributed by atoms with Crippen LogP contribution in [0.3, 0.4) is 0 Å². The molecule has 1 unspecified atom stereocenters. The van der Waals surface area contributed by atoms with Crippen molar-refractivity contribution in [1.29, 1.82) is 0 Å². The summed E-state index contributed by atoms with van der Waals surface area (Å²) in [6.45, 7) is 3.56. The zero-order valence-electron chi connectivity index (χ0n) is 12.6. The van der Waals surface area contributed by atoms with Gasteiger partial charge in [0, 0.05) is 10.9 Å². The van der Waals surface area contributed by atoms with E-state index >= 15 is 0 Å². The van der Waals surface area contributed by atoms with Gasteiger partial charge in [0.2, 0.25) is 10.0 Å². The minimum atomic E-state index is -3.74. The number of nitrogens with one attached hydrogen (secondary N) is 1. The fourth-order valence-corrected chi connectivity index (χ4v) is 7.12. The maximum absolute atomic E-state index is 12.4. The molecule has 0 aliphatic carbocycles. The van der Waals surface area contributed by atoms with Crippen molar-refractivity contribution in [2.45, 2.75) is 30.5 Å². The second-order valence-corrected chi connectivity index (χ2v) is 10.8. The van der Waals surface area contributed by atoms with E-state index in [9.17, 15) is 16.8 Å². The molecule has 3 rings (SSSR count). The summed E-state index contributed by atoms with van der Waals surface area (Å²) in [7, 11) is -6.87. The Balaban J connectivity index is 1.85. The quantitative estimate of drug-likeness (QED) is 0.866. The molecule has 0 aromatic carbocycles. The number of aromatic nitrogens is 1. The van der Waals surface area contributed by atoms with Gasteiger partial charge in [0.1, 0.15) is 9.97 Å². The summed E-state index contributed by atoms with van der Waals surface area (Å²) in [6, 6.07) is 2.66. The van der Waals surface area contributed by atoms with E-state index in [1.165, 1.54) is 6.07 Å². The normalized spacial score (nSPS) is 20.9. The Morgan fingerprint density at radius 3 is 2.65 bits per heavy atom. The monoisotopic (exact) mass is 376 g/mol. The molecule has 1 fully saturated rings. The Bertz CT molecular complexity index is 921. The topological polar surface area (TPSA) is 106 Å². The van der Waals surface area contributed by atoms with Gasteiger partial charge in [-0.3, -0.25) is 0 Å². The number of aryl methyl sites for hydroxylation is 2. The minimum absolute atomic E-state index is 0.0228. The molecule has 0 amide bonds. The first-order valence-corrected chi connectivity index (χ1v) is 11.1. The second-order valence-electron chi connectivity index (χ2n) is 5.54. The van der Waals surface area contributed by atoms with Crippen LogP contribution in [0, 0.1) is 13.8 Å². The van der Waals surface area contributed by atoms with Crippen LogP contribution >= 0.6 is 11.3 Å². The molecule has 2 aromatic heterocycles. The zero-order valence-corrected chi connectivity index (χ0v) is 15.0. The fraction of sp³-hybridized carbons (Fsp3) is 0.462. The highest BCUT2D eigenvalue weighted by Gasteiger charge is 2.32. The maximum Gasteiger partial charge on any atom is 0.250 e. The van der Waals surface area contributed by atoms with Gasteiger partial charge in [-0.25, -0.2) is 21.6 Å². The van der Waals surface area contributed by atoms with E-state index in [1.54, 1.807) is 19.9 Å². The lowest BCUT2D eigenvalue weighted by atomic mass is 10.2. The van der Waals surface area contributed by atoms with Crippen LogP contribution in [0.25, 0.3) is 10.4 Å². The van der Waals surface area contributed by atoms with Crippen LogP contribution in [0.2, 0.25) is 0 Å². The molecule has 1 aliphatic heterocycles. The molecule has 7 nitrogen and oxygen atoms in total. The molecular weight excluding hydrogens is 360 g/mol. The largest absolute Gasteiger partial charge is 0.361 e. The van der Waals surface area contributed by atoms with Crippen LogP contribution in [0.1, 0.15) is 17.9 Å². The van der Waals surface area contributed by atoms with Crippen molar-refractivity contribution in [2.24, 2.45) is 0 Å². The molecule has 126 valence electrons. The molecule has 3 heterocycles. The molecule has 0 spiro atoms. The molecule has 1 atom stereocenters. The molecule has 1 N–H and O–H groups in total. The van der Waals surface area contributed by atoms with E-state index < -0.39 is 25.9 Å². The first-order chi connectivity index (χ1) is 10.7. The van der Waals surface area contributed by atoms with Crippen LogP contribution < -0.4 is 4.72 Å². The summed E-state index contributed by atoms with van der Waals surface area (Å²) in [4.78, 5) is 0.751. The van der Waals surface area contributed by atoms with Gasteiger partial charge in [0.15, 0.2) is 9.84 Å². The van der Waals surface area contributed by atoms with Crippen LogP contribution in [0.15, 0.2) is 20.9 Å². The third-order valence-electron chi connectivity index (χ3n) is 3.68. The summed E-state index contributed by atoms with van der Waals surface area (Å²) in [5.41, 5.74) is 1.49. The highest BCUT2D eigenvalue weighted by Crippen LogP contribution is 2.34. The standard InChI is InChI=1S/C13H16N2O5S3/c1-8-13(9(2)20-14-8)11-3-4-12(21-11)23(18,19)15-10-5-6-22(16,17)7-10/h3-4,10,15H,5-7H2,1-2H3. The van der Waals surface area contributed by atoms with Crippen molar-refractivity contribution in [3.8, 4) is 10.4 Å². The minimum Gasteiger partial charge on any atom is -0.361 e. The predicted octanol–water partition coefficient (Wildman–Crippen LogP) is 1.49. The van der Waals surface area contributed by atoms with Crippen molar-refractivity contribution in [3.63, 3.8) is 0 Å². The lowest BCUT2D eigenvalue weighted by Crippen LogP contribution is -2.35. The van der Waals surface area contributed by atoms with E-state index in [0.717, 1.165) is 21.8 Å². The predicted molar refractivity (Wildman–Crippen MR) is 86.7 cm³/mol. The Labute approximate surface area is 138 Å². The number of hydrogen-bond donors (Lipinski definition) is 1. The number of sulfone groups is 1. The lowest BCUT2D eigenvalue weighted by Gasteiger charge is -2.09. The highest BCUT2D eigenvalue weighted by atomic mass is 32.2. The van der Waals surface area contributed by atoms with E-state index in [-0.39, 0.29) is 15.7 Å². The van der Waals surface area contributed by atoms with Gasteiger partial charge in [0.05, 0.1) is 22.8 Å². The molecule has 10 heteroatoms. The SMILES string of the molecule is Cc1noc(C)c1-c1ccc(S(=O)(=O)NC2CCS(=O)(=O)C2)s1. The number of thiophene rings is 1. The molecule has 2 aromatic rings. The average Bonchev–Trinajstić information content (AvgIpc) is 3.10. The van der Waals surface area contributed by atoms with Crippen LogP contribution in [-0.4, -0.2) is 39.5 Å². The van der Waals surface area contributed by atoms with E-state index in [4.69, 9.17) is 4.52 Å². The third kappa shape index (κ3) is 3.35. The van der Waals surface area contributed by atoms with Crippen molar-refractivity contribution in [2.75, 3.05) is 11.5 Å². The van der Waals surface area contributed by atoms with Gasteiger partial charge in [-0.1, -0.05) is 5.16 Å². The Hall–Kier alpha value is -1.23. The van der Waals surface area contributed by atoms with Crippen LogP contribution in [0.5, 0.6) is 0 Å². The second kappa shape index (κ2) is 5.69. The van der Waals surface area contributed by atoms with E-state index in [2.05, 4.69) is 9.88 Å². The number of nitrogens with zero attached hydrogens (tertiary/aromatic N) is 1. The molecule has 1 aliphatic rings. The van der Waals surface area contributed by atoms with E-state index in [0.29, 0.717) is 17.9 Å². The van der Waals surface area contributed by atoms with Crippen molar-refractivity contribution in [1.82, 2.24) is 9.88 Å². The maximum atomic E-state index is 12.4. The number of sulfonamides is 1. The number of rotatable bonds is 4. The Kier molecular flexibility index (Phi) is 4.11. The lowest BCUT2D eigenvalue weighted by molar-refractivity contribution is 0.393. The molecule has 23 heavy (non-hydrogen) atoms. The summed E-state index contributed by atoms with van der Waals surface area (Å²) in [5, 5.41) is 3.86. The average molecular weight is 376 g/mol. The van der Waals surface area contributed by atoms with E-state index in [1.807, 2.05) is 0 Å². The van der Waals surface area contributed by atoms with Crippen molar-refractivity contribution >= 4 is 31.2 Å². The van der Waals surface area contributed by atoms with Gasteiger partial charge in [-0.2, -0.15) is 0 Å². The molecule has 0 bridgehead atoms. The summed E-state index contributed by atoms with van der Waals surface area (Å²) < 4.78 is 55.5. The molecule has 0 saturated carbocycles. The molecule has 1 saturated heterocycles. The van der Waals surface area contributed by atoms with Gasteiger partial charge in [0.25, 0.3) is 0 Å². The Morgan fingerprint density at radius 2 is 2.09 bits per heavy atom. The smallest absolute Gasteiger partial charge is 0.250 e. The summed E-state index contributed by atoms with van der Waals surface area (Å²) >= 11 is 1.11. The first kappa shape index (κ1) is 16.6. The van der Waals surface area contributed by atoms with Crippen molar-refractivity contribution in [3.05, 3.63) is 23.6 Å². The molecule has 0 radical (unpaired) electrons. The third-order valence-corrected chi connectivity index (χ3v) is 8.56. The van der Waals surface area contributed by atoms with Gasteiger partial charge >= 0.3 is 0 Å². The fourth-order valence-electron chi connectivity index (χ4n) is 2.60. The van der Waals surface area contributed by atoms with Gasteiger partial charge < -0.3 is 4.52 Å². The van der Waals surface area contributed by atoms with Gasteiger partial charge in [-0.15, -0.1) is 11.3 Å². The van der Waals surface area contributed by atoms with Crippen LogP contribution in [-0.2, 0) is 19.9 Å². The van der Waals surface area contributed by atoms with Gasteiger partial charge in [-0.05, 0) is 32.4 Å². The Morgan fingerprint density at radius 1 is 1.35 bits per heavy atom. The zero-order chi connectivity index (χ0) is 16.8. The molecular formula is C13H16N2O5S3. The van der Waals surface area contributed by atoms with Crippen LogP contribution in [0.4, 0.5) is 0 Å². The summed E-state index contributed by atoms with van der Waals surface area (Å²) in [6.07, 6.45) is 0.309. The number of hydrogen-bond acceptors (Lipinski definition) is 7. The highest BCUT2D eigenvalue weighted by molar-refractivity contribution is 7.92. The summed E-state index contributed by atoms with van der Waals surface area (Å²) in [5.74, 6) is 0.506. The van der Waals surface area contributed by atoms with Crippen molar-refractivity contribution < 1.29 is 21.4 Å².